The molecule has 0 saturated heterocycles. The van der Waals surface area contributed by atoms with Crippen LogP contribution in [-0.4, -0.2) is 46.8 Å². The lowest BCUT2D eigenvalue weighted by Gasteiger charge is -2.18. The third-order valence-electron chi connectivity index (χ3n) is 8.08. The first-order valence-corrected chi connectivity index (χ1v) is 20.9. The van der Waals surface area contributed by atoms with Crippen molar-refractivity contribution < 1.29 is 42.7 Å². The second-order valence-corrected chi connectivity index (χ2v) is 14.2. The number of phosphoric ester groups is 1. The average molecular weight is 725 g/mol. The molecule has 1 atom stereocenters. The Labute approximate surface area is 303 Å². The van der Waals surface area contributed by atoms with E-state index in [9.17, 15) is 18.9 Å². The highest BCUT2D eigenvalue weighted by Crippen LogP contribution is 2.36. The van der Waals surface area contributed by atoms with Crippen LogP contribution in [-0.2, 0) is 32.9 Å². The van der Waals surface area contributed by atoms with Crippen LogP contribution < -0.4 is 0 Å². The number of ether oxygens (including phenoxy) is 2. The van der Waals surface area contributed by atoms with Gasteiger partial charge in [0.15, 0.2) is 11.9 Å². The van der Waals surface area contributed by atoms with Crippen LogP contribution >= 0.6 is 7.82 Å². The van der Waals surface area contributed by atoms with Gasteiger partial charge in [0, 0.05) is 19.3 Å². The van der Waals surface area contributed by atoms with E-state index < -0.39 is 32.5 Å². The molecule has 0 bridgehead atoms. The van der Waals surface area contributed by atoms with E-state index in [1.165, 1.54) is 64.2 Å². The van der Waals surface area contributed by atoms with Crippen molar-refractivity contribution in [1.29, 1.82) is 0 Å². The highest BCUT2D eigenvalue weighted by Gasteiger charge is 2.22. The van der Waals surface area contributed by atoms with E-state index in [-0.39, 0.29) is 25.2 Å². The summed E-state index contributed by atoms with van der Waals surface area (Å²) in [5, 5.41) is 0. The van der Waals surface area contributed by atoms with Crippen molar-refractivity contribution in [2.75, 3.05) is 13.2 Å². The normalized spacial score (nSPS) is 12.9. The fraction of sp³-hybridized carbons (Fsp3) is 0.725. The van der Waals surface area contributed by atoms with Gasteiger partial charge in [0.05, 0.1) is 6.61 Å². The molecule has 0 radical (unpaired) electrons. The molecule has 10 heteroatoms. The molecule has 0 aliphatic rings. The Morgan fingerprint density at radius 2 is 1.08 bits per heavy atom. The quantitative estimate of drug-likeness (QED) is 0.0163. The van der Waals surface area contributed by atoms with Crippen LogP contribution in [0.1, 0.15) is 168 Å². The number of allylic oxidation sites excluding steroid dienone is 8. The van der Waals surface area contributed by atoms with Crippen LogP contribution in [0, 0.1) is 0 Å². The van der Waals surface area contributed by atoms with Crippen LogP contribution in [0.2, 0.25) is 0 Å². The van der Waals surface area contributed by atoms with Gasteiger partial charge in [0.25, 0.3) is 0 Å². The summed E-state index contributed by atoms with van der Waals surface area (Å²) >= 11 is 0. The zero-order chi connectivity index (χ0) is 37.0. The van der Waals surface area contributed by atoms with Gasteiger partial charge in [0.2, 0.25) is 0 Å². The molecule has 0 saturated carbocycles. The van der Waals surface area contributed by atoms with Gasteiger partial charge in [0.1, 0.15) is 6.61 Å². The lowest BCUT2D eigenvalue weighted by molar-refractivity contribution is -0.161. The first-order valence-electron chi connectivity index (χ1n) is 19.4. The Bertz CT molecular complexity index is 1010. The van der Waals surface area contributed by atoms with Crippen molar-refractivity contribution in [1.82, 2.24) is 0 Å². The second kappa shape index (κ2) is 35.1. The fourth-order valence-corrected chi connectivity index (χ4v) is 5.50. The standard InChI is InChI=1S/C40H69O9P/c1-3-5-7-8-9-10-11-12-13-16-19-22-25-29-33-39(42)47-35-38(36-48-50(44,45)46)49-40(43)34-30-26-23-20-17-14-15-18-21-24-28-32-37(41)31-27-6-4-2/h14-15,20-21,23-24,28,32,38H,3-13,16-19,22,25-27,29-31,33-36H2,1-2H3,(H2,44,45,46)/b15-14-,23-20-,24-21-,32-28+/t38-/m1/s1. The highest BCUT2D eigenvalue weighted by molar-refractivity contribution is 7.46. The number of carbonyl (C=O) groups excluding carboxylic acids is 3. The predicted molar refractivity (Wildman–Crippen MR) is 203 cm³/mol. The molecule has 50 heavy (non-hydrogen) atoms. The molecule has 288 valence electrons. The van der Waals surface area contributed by atoms with Gasteiger partial charge < -0.3 is 19.3 Å². The van der Waals surface area contributed by atoms with Crippen LogP contribution in [0.5, 0.6) is 0 Å². The summed E-state index contributed by atoms with van der Waals surface area (Å²) in [5.74, 6) is -0.820. The first-order chi connectivity index (χ1) is 24.2. The third-order valence-corrected chi connectivity index (χ3v) is 8.56. The third kappa shape index (κ3) is 36.9. The Morgan fingerprint density at radius 1 is 0.580 bits per heavy atom. The second-order valence-electron chi connectivity index (χ2n) is 12.9. The number of rotatable bonds is 35. The minimum Gasteiger partial charge on any atom is -0.462 e. The summed E-state index contributed by atoms with van der Waals surface area (Å²) in [6.45, 7) is 3.47. The molecule has 0 aliphatic carbocycles. The Hall–Kier alpha value is -2.32. The van der Waals surface area contributed by atoms with Crippen molar-refractivity contribution in [3.63, 3.8) is 0 Å². The van der Waals surface area contributed by atoms with Gasteiger partial charge in [-0.25, -0.2) is 4.57 Å². The lowest BCUT2D eigenvalue weighted by atomic mass is 10.0. The summed E-state index contributed by atoms with van der Waals surface area (Å²) in [7, 11) is -4.78. The smallest absolute Gasteiger partial charge is 0.462 e. The Balaban J connectivity index is 4.11. The largest absolute Gasteiger partial charge is 0.469 e. The van der Waals surface area contributed by atoms with Crippen molar-refractivity contribution in [2.24, 2.45) is 0 Å². The van der Waals surface area contributed by atoms with Crippen molar-refractivity contribution in [2.45, 2.75) is 174 Å². The molecule has 0 amide bonds. The van der Waals surface area contributed by atoms with E-state index in [4.69, 9.17) is 19.3 Å². The minimum absolute atomic E-state index is 0.110. The van der Waals surface area contributed by atoms with Crippen LogP contribution in [0.3, 0.4) is 0 Å². The minimum atomic E-state index is -4.78. The van der Waals surface area contributed by atoms with E-state index in [1.807, 2.05) is 36.5 Å². The van der Waals surface area contributed by atoms with Crippen molar-refractivity contribution in [3.8, 4) is 0 Å². The summed E-state index contributed by atoms with van der Waals surface area (Å²) in [4.78, 5) is 54.4. The SMILES string of the molecule is CCCCCCCCCCCCCCCCC(=O)OC[C@H](COP(=O)(O)O)OC(=O)CCC/C=C\C/C=C\C/C=C\C=C\C(=O)CCCCC. The van der Waals surface area contributed by atoms with Crippen LogP contribution in [0.15, 0.2) is 48.6 Å². The van der Waals surface area contributed by atoms with Gasteiger partial charge in [-0.2, -0.15) is 0 Å². The van der Waals surface area contributed by atoms with Gasteiger partial charge in [-0.1, -0.05) is 153 Å². The Kier molecular flexibility index (Phi) is 33.5. The highest BCUT2D eigenvalue weighted by atomic mass is 31.2. The lowest BCUT2D eigenvalue weighted by Crippen LogP contribution is -2.29. The molecule has 0 spiro atoms. The molecular weight excluding hydrogens is 655 g/mol. The van der Waals surface area contributed by atoms with E-state index in [0.29, 0.717) is 25.7 Å². The van der Waals surface area contributed by atoms with Gasteiger partial charge in [-0.05, 0) is 44.6 Å². The molecule has 0 aromatic carbocycles. The molecule has 0 rings (SSSR count). The maximum atomic E-state index is 12.3. The molecule has 0 fully saturated rings. The molecule has 0 aliphatic heterocycles. The monoisotopic (exact) mass is 724 g/mol. The average Bonchev–Trinajstić information content (AvgIpc) is 3.07. The number of esters is 2. The molecule has 0 heterocycles. The van der Waals surface area contributed by atoms with E-state index in [1.54, 1.807) is 12.2 Å². The number of hydrogen-bond acceptors (Lipinski definition) is 7. The van der Waals surface area contributed by atoms with Gasteiger partial charge >= 0.3 is 19.8 Å². The van der Waals surface area contributed by atoms with Gasteiger partial charge in [-0.3, -0.25) is 18.9 Å². The fourth-order valence-electron chi connectivity index (χ4n) is 5.14. The molecule has 9 nitrogen and oxygen atoms in total. The topological polar surface area (TPSA) is 136 Å². The van der Waals surface area contributed by atoms with Gasteiger partial charge in [-0.15, -0.1) is 0 Å². The van der Waals surface area contributed by atoms with E-state index in [2.05, 4.69) is 18.4 Å². The summed E-state index contributed by atoms with van der Waals surface area (Å²) < 4.78 is 26.2. The number of phosphoric acid groups is 1. The zero-order valence-corrected chi connectivity index (χ0v) is 32.2. The maximum Gasteiger partial charge on any atom is 0.469 e. The number of carbonyl (C=O) groups is 3. The molecule has 0 aromatic rings. The van der Waals surface area contributed by atoms with E-state index in [0.717, 1.165) is 51.4 Å². The summed E-state index contributed by atoms with van der Waals surface area (Å²) in [6.07, 6.45) is 38.2. The van der Waals surface area contributed by atoms with Crippen LogP contribution in [0.4, 0.5) is 0 Å². The molecule has 0 aromatic heterocycles. The van der Waals surface area contributed by atoms with Crippen molar-refractivity contribution in [3.05, 3.63) is 48.6 Å². The Morgan fingerprint density at radius 3 is 1.68 bits per heavy atom. The predicted octanol–water partition coefficient (Wildman–Crippen LogP) is 10.7. The molecular formula is C40H69O9P. The first kappa shape index (κ1) is 47.7. The number of ketones is 1. The summed E-state index contributed by atoms with van der Waals surface area (Å²) in [6, 6.07) is 0. The van der Waals surface area contributed by atoms with Crippen molar-refractivity contribution >= 4 is 25.5 Å². The number of unbranched alkanes of at least 4 members (excludes halogenated alkanes) is 16. The van der Waals surface area contributed by atoms with E-state index >= 15 is 0 Å². The molecule has 0 unspecified atom stereocenters. The summed E-state index contributed by atoms with van der Waals surface area (Å²) in [5.41, 5.74) is 0. The number of hydrogen-bond donors (Lipinski definition) is 2. The maximum absolute atomic E-state index is 12.3. The molecule has 2 N–H and O–H groups in total. The zero-order valence-electron chi connectivity index (χ0n) is 31.3. The van der Waals surface area contributed by atoms with Crippen LogP contribution in [0.25, 0.3) is 0 Å².